The van der Waals surface area contributed by atoms with Gasteiger partial charge in [0, 0.05) is 22.5 Å². The van der Waals surface area contributed by atoms with Crippen molar-refractivity contribution in [1.82, 2.24) is 0 Å². The third-order valence-corrected chi connectivity index (χ3v) is 11.1. The molecule has 2 aliphatic rings. The zero-order valence-corrected chi connectivity index (χ0v) is 29.5. The van der Waals surface area contributed by atoms with E-state index in [1.165, 1.54) is 94.6 Å². The van der Waals surface area contributed by atoms with Gasteiger partial charge in [0.2, 0.25) is 6.71 Å². The molecule has 0 radical (unpaired) electrons. The number of nitrogens with zero attached hydrogens (tertiary/aromatic N) is 1. The van der Waals surface area contributed by atoms with Crippen LogP contribution < -0.4 is 21.3 Å². The van der Waals surface area contributed by atoms with Gasteiger partial charge in [-0.3, -0.25) is 0 Å². The number of fused-ring (bicyclic) bond motifs is 4. The second kappa shape index (κ2) is 11.5. The monoisotopic (exact) mass is 641 g/mol. The molecule has 0 spiro atoms. The molecule has 2 aliphatic heterocycles. The standard InChI is InChI=1S/C48H40BN/c1-31-16-21-40(22-17-31)50-44-24-18-32(2)26-43(44)49-42-30-36(20-23-41(42)48(4,5)46-33(3)19-25-45(50)47(46)49)39-28-37(34-12-8-6-9-13-34)27-38(29-39)35-14-10-7-11-15-35/h6-30H,1-5H3. The van der Waals surface area contributed by atoms with Gasteiger partial charge >= 0.3 is 0 Å². The summed E-state index contributed by atoms with van der Waals surface area (Å²) < 4.78 is 0. The molecule has 240 valence electrons. The maximum absolute atomic E-state index is 2.52. The molecule has 2 heterocycles. The second-order valence-electron chi connectivity index (χ2n) is 14.8. The van der Waals surface area contributed by atoms with E-state index < -0.39 is 0 Å². The first-order valence-electron chi connectivity index (χ1n) is 17.8. The van der Waals surface area contributed by atoms with Crippen molar-refractivity contribution in [2.45, 2.75) is 40.0 Å². The third-order valence-electron chi connectivity index (χ3n) is 11.1. The minimum absolute atomic E-state index is 0.130. The van der Waals surface area contributed by atoms with Gasteiger partial charge in [0.1, 0.15) is 0 Å². The van der Waals surface area contributed by atoms with E-state index in [1.807, 2.05) is 0 Å². The average molecular weight is 642 g/mol. The lowest BCUT2D eigenvalue weighted by Gasteiger charge is -2.46. The highest BCUT2D eigenvalue weighted by atomic mass is 15.1. The van der Waals surface area contributed by atoms with E-state index in [4.69, 9.17) is 0 Å². The maximum Gasteiger partial charge on any atom is 0.247 e. The lowest BCUT2D eigenvalue weighted by molar-refractivity contribution is 0.641. The normalized spacial score (nSPS) is 13.8. The van der Waals surface area contributed by atoms with Crippen molar-refractivity contribution in [2.75, 3.05) is 4.90 Å². The first-order chi connectivity index (χ1) is 24.3. The van der Waals surface area contributed by atoms with Crippen LogP contribution in [0.5, 0.6) is 0 Å². The van der Waals surface area contributed by atoms with E-state index in [-0.39, 0.29) is 12.1 Å². The summed E-state index contributed by atoms with van der Waals surface area (Å²) >= 11 is 0. The van der Waals surface area contributed by atoms with Crippen LogP contribution in [-0.2, 0) is 5.41 Å². The van der Waals surface area contributed by atoms with Crippen molar-refractivity contribution in [3.8, 4) is 33.4 Å². The molecule has 0 aromatic heterocycles. The van der Waals surface area contributed by atoms with Crippen LogP contribution in [0, 0.1) is 20.8 Å². The summed E-state index contributed by atoms with van der Waals surface area (Å²) in [5.74, 6) is 0. The largest absolute Gasteiger partial charge is 0.312 e. The lowest BCUT2D eigenvalue weighted by Crippen LogP contribution is -2.64. The summed E-state index contributed by atoms with van der Waals surface area (Å²) in [5.41, 5.74) is 22.0. The van der Waals surface area contributed by atoms with Gasteiger partial charge in [0.15, 0.2) is 0 Å². The average Bonchev–Trinajstić information content (AvgIpc) is 3.14. The van der Waals surface area contributed by atoms with Crippen molar-refractivity contribution in [3.05, 3.63) is 179 Å². The zero-order valence-electron chi connectivity index (χ0n) is 29.5. The van der Waals surface area contributed by atoms with Crippen molar-refractivity contribution in [3.63, 3.8) is 0 Å². The molecule has 50 heavy (non-hydrogen) atoms. The minimum atomic E-state index is -0.166. The van der Waals surface area contributed by atoms with E-state index in [9.17, 15) is 0 Å². The summed E-state index contributed by atoms with van der Waals surface area (Å²) in [4.78, 5) is 2.50. The first kappa shape index (κ1) is 30.5. The highest BCUT2D eigenvalue weighted by Crippen LogP contribution is 2.44. The van der Waals surface area contributed by atoms with E-state index in [2.05, 4.69) is 191 Å². The Labute approximate surface area is 297 Å². The number of anilines is 3. The number of rotatable bonds is 4. The van der Waals surface area contributed by atoms with Gasteiger partial charge in [0.05, 0.1) is 0 Å². The highest BCUT2D eigenvalue weighted by Gasteiger charge is 2.46. The van der Waals surface area contributed by atoms with Crippen LogP contribution in [0.15, 0.2) is 152 Å². The first-order valence-corrected chi connectivity index (χ1v) is 17.8. The Morgan fingerprint density at radius 1 is 0.460 bits per heavy atom. The van der Waals surface area contributed by atoms with Gasteiger partial charge in [-0.15, -0.1) is 0 Å². The van der Waals surface area contributed by atoms with Gasteiger partial charge in [-0.2, -0.15) is 0 Å². The predicted molar refractivity (Wildman–Crippen MR) is 215 cm³/mol. The minimum Gasteiger partial charge on any atom is -0.312 e. The molecule has 0 amide bonds. The topological polar surface area (TPSA) is 3.24 Å². The van der Waals surface area contributed by atoms with Gasteiger partial charge in [-0.05, 0) is 124 Å². The van der Waals surface area contributed by atoms with Gasteiger partial charge in [-0.25, -0.2) is 0 Å². The lowest BCUT2D eigenvalue weighted by atomic mass is 9.29. The van der Waals surface area contributed by atoms with Crippen molar-refractivity contribution in [1.29, 1.82) is 0 Å². The Morgan fingerprint density at radius 2 is 1.04 bits per heavy atom. The zero-order chi connectivity index (χ0) is 34.1. The number of aryl methyl sites for hydroxylation is 3. The molecule has 7 aromatic rings. The van der Waals surface area contributed by atoms with Crippen LogP contribution in [0.4, 0.5) is 17.1 Å². The summed E-state index contributed by atoms with van der Waals surface area (Å²) in [5, 5.41) is 0. The van der Waals surface area contributed by atoms with E-state index in [1.54, 1.807) is 0 Å². The molecule has 0 fully saturated rings. The molecule has 0 atom stereocenters. The van der Waals surface area contributed by atoms with Gasteiger partial charge in [0.25, 0.3) is 0 Å². The van der Waals surface area contributed by atoms with Crippen LogP contribution in [0.2, 0.25) is 0 Å². The van der Waals surface area contributed by atoms with Crippen molar-refractivity contribution in [2.24, 2.45) is 0 Å². The molecule has 0 saturated carbocycles. The van der Waals surface area contributed by atoms with Crippen LogP contribution in [-0.4, -0.2) is 6.71 Å². The van der Waals surface area contributed by atoms with Gasteiger partial charge < -0.3 is 4.90 Å². The maximum atomic E-state index is 2.52. The second-order valence-corrected chi connectivity index (χ2v) is 14.8. The van der Waals surface area contributed by atoms with Crippen LogP contribution in [0.1, 0.15) is 41.7 Å². The summed E-state index contributed by atoms with van der Waals surface area (Å²) in [7, 11) is 0. The highest BCUT2D eigenvalue weighted by molar-refractivity contribution is 6.99. The van der Waals surface area contributed by atoms with Crippen molar-refractivity contribution >= 4 is 40.2 Å². The predicted octanol–water partition coefficient (Wildman–Crippen LogP) is 10.6. The molecule has 9 rings (SSSR count). The quantitative estimate of drug-likeness (QED) is 0.173. The molecule has 0 N–H and O–H groups in total. The molecule has 0 bridgehead atoms. The Bertz CT molecular complexity index is 2370. The Kier molecular flexibility index (Phi) is 7.00. The van der Waals surface area contributed by atoms with Crippen LogP contribution in [0.25, 0.3) is 33.4 Å². The fraction of sp³-hybridized carbons (Fsp3) is 0.125. The summed E-state index contributed by atoms with van der Waals surface area (Å²) in [6.07, 6.45) is 0. The molecule has 1 nitrogen and oxygen atoms in total. The Morgan fingerprint density at radius 3 is 1.68 bits per heavy atom. The summed E-state index contributed by atoms with van der Waals surface area (Å²) in [6, 6.07) is 56.7. The number of benzene rings is 7. The van der Waals surface area contributed by atoms with E-state index >= 15 is 0 Å². The van der Waals surface area contributed by atoms with Crippen molar-refractivity contribution < 1.29 is 0 Å². The molecular weight excluding hydrogens is 601 g/mol. The van der Waals surface area contributed by atoms with Crippen LogP contribution >= 0.6 is 0 Å². The fourth-order valence-corrected chi connectivity index (χ4v) is 8.80. The molecule has 7 aromatic carbocycles. The fourth-order valence-electron chi connectivity index (χ4n) is 8.80. The van der Waals surface area contributed by atoms with Gasteiger partial charge in [-0.1, -0.05) is 140 Å². The molecule has 0 aliphatic carbocycles. The van der Waals surface area contributed by atoms with Crippen LogP contribution in [0.3, 0.4) is 0 Å². The Balaban J connectivity index is 1.30. The number of hydrogen-bond acceptors (Lipinski definition) is 1. The smallest absolute Gasteiger partial charge is 0.247 e. The van der Waals surface area contributed by atoms with E-state index in [0.29, 0.717) is 0 Å². The third kappa shape index (κ3) is 4.77. The SMILES string of the molecule is Cc1ccc(N2c3ccc(C)cc3B3c4cc(-c5cc(-c6ccccc6)cc(-c6ccccc6)c5)ccc4C(C)(C)c4c(C)ccc2c43)cc1. The molecule has 0 unspecified atom stereocenters. The number of hydrogen-bond donors (Lipinski definition) is 0. The molecular formula is C48H40BN. The molecule has 2 heteroatoms. The summed E-state index contributed by atoms with van der Waals surface area (Å²) in [6.45, 7) is 11.7. The molecule has 0 saturated heterocycles. The Hall–Kier alpha value is -5.60. The van der Waals surface area contributed by atoms with E-state index in [0.717, 1.165) is 0 Å².